The summed E-state index contributed by atoms with van der Waals surface area (Å²) < 4.78 is 5.45. The Labute approximate surface area is 110 Å². The van der Waals surface area contributed by atoms with Gasteiger partial charge in [-0.3, -0.25) is 0 Å². The highest BCUT2D eigenvalue weighted by Gasteiger charge is 2.40. The molecule has 1 aromatic carbocycles. The molecule has 1 unspecified atom stereocenters. The maximum Gasteiger partial charge on any atom is 0.0869 e. The fourth-order valence-electron chi connectivity index (χ4n) is 3.16. The molecule has 2 heteroatoms. The molecule has 1 atom stereocenters. The molecule has 0 heterocycles. The molecule has 0 saturated heterocycles. The molecule has 0 spiro atoms. The van der Waals surface area contributed by atoms with Crippen LogP contribution in [0.2, 0.25) is 0 Å². The summed E-state index contributed by atoms with van der Waals surface area (Å²) in [5.41, 5.74) is 1.19. The fourth-order valence-corrected chi connectivity index (χ4v) is 3.16. The summed E-state index contributed by atoms with van der Waals surface area (Å²) in [6, 6.07) is 10.5. The fraction of sp³-hybridized carbons (Fsp3) is 0.625. The maximum atomic E-state index is 10.6. The number of benzene rings is 1. The van der Waals surface area contributed by atoms with Crippen LogP contribution < -0.4 is 0 Å². The predicted molar refractivity (Wildman–Crippen MR) is 73.7 cm³/mol. The molecule has 0 radical (unpaired) electrons. The van der Waals surface area contributed by atoms with E-state index >= 15 is 0 Å². The predicted octanol–water partition coefficient (Wildman–Crippen LogP) is 3.29. The molecule has 1 fully saturated rings. The third kappa shape index (κ3) is 2.76. The second-order valence-electron chi connectivity index (χ2n) is 5.26. The lowest BCUT2D eigenvalue weighted by Crippen LogP contribution is -2.44. The first-order valence-corrected chi connectivity index (χ1v) is 7.11. The normalized spacial score (nSPS) is 20.6. The van der Waals surface area contributed by atoms with E-state index in [-0.39, 0.29) is 11.5 Å². The summed E-state index contributed by atoms with van der Waals surface area (Å²) in [5.74, 6) is 0. The molecule has 1 saturated carbocycles. The summed E-state index contributed by atoms with van der Waals surface area (Å²) in [6.07, 6.45) is 5.46. The third-order valence-electron chi connectivity index (χ3n) is 4.21. The van der Waals surface area contributed by atoms with Crippen LogP contribution in [0.5, 0.6) is 0 Å². The Morgan fingerprint density at radius 2 is 1.83 bits per heavy atom. The maximum absolute atomic E-state index is 10.6. The van der Waals surface area contributed by atoms with Crippen molar-refractivity contribution in [2.24, 2.45) is 0 Å². The Hall–Kier alpha value is -0.860. The smallest absolute Gasteiger partial charge is 0.0869 e. The Kier molecular flexibility index (Phi) is 4.79. The van der Waals surface area contributed by atoms with Crippen LogP contribution in [0.4, 0.5) is 0 Å². The number of hydrogen-bond donors (Lipinski definition) is 1. The lowest BCUT2D eigenvalue weighted by atomic mass is 9.66. The van der Waals surface area contributed by atoms with Crippen LogP contribution in [0.15, 0.2) is 30.3 Å². The quantitative estimate of drug-likeness (QED) is 0.866. The van der Waals surface area contributed by atoms with Crippen LogP contribution >= 0.6 is 0 Å². The largest absolute Gasteiger partial charge is 0.390 e. The van der Waals surface area contributed by atoms with Gasteiger partial charge < -0.3 is 9.84 Å². The minimum atomic E-state index is -0.389. The minimum absolute atomic E-state index is 0.0886. The average Bonchev–Trinajstić information content (AvgIpc) is 2.46. The SMILES string of the molecule is CCOCC(O)C1(c2ccccc2)CCCCC1. The molecule has 1 aliphatic rings. The second-order valence-corrected chi connectivity index (χ2v) is 5.26. The van der Waals surface area contributed by atoms with Crippen molar-refractivity contribution in [1.29, 1.82) is 0 Å². The molecule has 0 amide bonds. The minimum Gasteiger partial charge on any atom is -0.390 e. The zero-order chi connectivity index (χ0) is 12.8. The summed E-state index contributed by atoms with van der Waals surface area (Å²) in [6.45, 7) is 3.09. The Bertz CT molecular complexity index is 341. The van der Waals surface area contributed by atoms with Crippen LogP contribution in [-0.2, 0) is 10.2 Å². The van der Waals surface area contributed by atoms with E-state index in [1.165, 1.54) is 24.8 Å². The third-order valence-corrected chi connectivity index (χ3v) is 4.21. The average molecular weight is 248 g/mol. The van der Waals surface area contributed by atoms with Gasteiger partial charge >= 0.3 is 0 Å². The van der Waals surface area contributed by atoms with Gasteiger partial charge in [0.2, 0.25) is 0 Å². The van der Waals surface area contributed by atoms with Gasteiger partial charge in [0.25, 0.3) is 0 Å². The highest BCUT2D eigenvalue weighted by Crippen LogP contribution is 2.42. The molecule has 0 aliphatic heterocycles. The van der Waals surface area contributed by atoms with Crippen LogP contribution in [0.1, 0.15) is 44.6 Å². The number of rotatable bonds is 5. The molecule has 2 nitrogen and oxygen atoms in total. The number of ether oxygens (including phenoxy) is 1. The van der Waals surface area contributed by atoms with Gasteiger partial charge in [-0.1, -0.05) is 49.6 Å². The van der Waals surface area contributed by atoms with Crippen LogP contribution in [0.25, 0.3) is 0 Å². The van der Waals surface area contributed by atoms with Gasteiger partial charge in [0.15, 0.2) is 0 Å². The standard InChI is InChI=1S/C16H24O2/c1-2-18-13-15(17)16(11-7-4-8-12-16)14-9-5-3-6-10-14/h3,5-6,9-10,15,17H,2,4,7-8,11-13H2,1H3. The molecule has 1 N–H and O–H groups in total. The van der Waals surface area contributed by atoms with Crippen LogP contribution in [0.3, 0.4) is 0 Å². The van der Waals surface area contributed by atoms with Crippen molar-refractivity contribution in [3.63, 3.8) is 0 Å². The van der Waals surface area contributed by atoms with Gasteiger partial charge in [-0.15, -0.1) is 0 Å². The van der Waals surface area contributed by atoms with Crippen molar-refractivity contribution >= 4 is 0 Å². The number of aliphatic hydroxyl groups excluding tert-OH is 1. The van der Waals surface area contributed by atoms with Crippen molar-refractivity contribution in [1.82, 2.24) is 0 Å². The molecular formula is C16H24O2. The van der Waals surface area contributed by atoms with Gasteiger partial charge in [-0.2, -0.15) is 0 Å². The first-order valence-electron chi connectivity index (χ1n) is 7.11. The zero-order valence-corrected chi connectivity index (χ0v) is 11.3. The van der Waals surface area contributed by atoms with E-state index in [4.69, 9.17) is 4.74 Å². The van der Waals surface area contributed by atoms with Gasteiger partial charge in [-0.05, 0) is 25.3 Å². The molecule has 2 rings (SSSR count). The van der Waals surface area contributed by atoms with E-state index in [9.17, 15) is 5.11 Å². The molecule has 0 aromatic heterocycles. The number of hydrogen-bond acceptors (Lipinski definition) is 2. The topological polar surface area (TPSA) is 29.5 Å². The van der Waals surface area contributed by atoms with Gasteiger partial charge in [0.1, 0.15) is 0 Å². The lowest BCUT2D eigenvalue weighted by Gasteiger charge is -2.41. The van der Waals surface area contributed by atoms with E-state index < -0.39 is 0 Å². The number of aliphatic hydroxyl groups is 1. The first kappa shape index (κ1) is 13.6. The molecule has 18 heavy (non-hydrogen) atoms. The Balaban J connectivity index is 2.22. The van der Waals surface area contributed by atoms with E-state index in [2.05, 4.69) is 24.3 Å². The Morgan fingerprint density at radius 3 is 2.44 bits per heavy atom. The summed E-state index contributed by atoms with van der Waals surface area (Å²) in [5, 5.41) is 10.6. The molecule has 0 bridgehead atoms. The molecule has 1 aliphatic carbocycles. The summed E-state index contributed by atoms with van der Waals surface area (Å²) in [7, 11) is 0. The Morgan fingerprint density at radius 1 is 1.17 bits per heavy atom. The summed E-state index contributed by atoms with van der Waals surface area (Å²) in [4.78, 5) is 0. The van der Waals surface area contributed by atoms with Crippen LogP contribution in [-0.4, -0.2) is 24.4 Å². The van der Waals surface area contributed by atoms with E-state index in [0.29, 0.717) is 13.2 Å². The van der Waals surface area contributed by atoms with Crippen molar-refractivity contribution < 1.29 is 9.84 Å². The van der Waals surface area contributed by atoms with Gasteiger partial charge in [-0.25, -0.2) is 0 Å². The second kappa shape index (κ2) is 6.35. The van der Waals surface area contributed by atoms with Crippen molar-refractivity contribution in [3.05, 3.63) is 35.9 Å². The highest BCUT2D eigenvalue weighted by atomic mass is 16.5. The van der Waals surface area contributed by atoms with Crippen molar-refractivity contribution in [3.8, 4) is 0 Å². The van der Waals surface area contributed by atoms with Crippen LogP contribution in [0, 0.1) is 0 Å². The highest BCUT2D eigenvalue weighted by molar-refractivity contribution is 5.27. The zero-order valence-electron chi connectivity index (χ0n) is 11.3. The van der Waals surface area contributed by atoms with Gasteiger partial charge in [0.05, 0.1) is 12.7 Å². The molecular weight excluding hydrogens is 224 g/mol. The van der Waals surface area contributed by atoms with Gasteiger partial charge in [0, 0.05) is 12.0 Å². The molecule has 100 valence electrons. The molecule has 1 aromatic rings. The first-order chi connectivity index (χ1) is 8.79. The van der Waals surface area contributed by atoms with Crippen molar-refractivity contribution in [2.75, 3.05) is 13.2 Å². The van der Waals surface area contributed by atoms with E-state index in [0.717, 1.165) is 12.8 Å². The lowest BCUT2D eigenvalue weighted by molar-refractivity contribution is -0.0190. The summed E-state index contributed by atoms with van der Waals surface area (Å²) >= 11 is 0. The van der Waals surface area contributed by atoms with Crippen molar-refractivity contribution in [2.45, 2.75) is 50.5 Å². The van der Waals surface area contributed by atoms with E-state index in [1.54, 1.807) is 0 Å². The van der Waals surface area contributed by atoms with E-state index in [1.807, 2.05) is 13.0 Å². The monoisotopic (exact) mass is 248 g/mol.